The normalized spacial score (nSPS) is 12.3. The molecule has 0 radical (unpaired) electrons. The Morgan fingerprint density at radius 1 is 1.13 bits per heavy atom. The number of aromatic amines is 1. The molecule has 0 aliphatic heterocycles. The van der Waals surface area contributed by atoms with Crippen molar-refractivity contribution in [1.82, 2.24) is 4.98 Å². The van der Waals surface area contributed by atoms with Crippen molar-refractivity contribution in [3.63, 3.8) is 0 Å². The number of unbranched alkanes of at least 4 members (excludes halogenated alkanes) is 2. The van der Waals surface area contributed by atoms with Crippen LogP contribution in [0.25, 0.3) is 10.9 Å². The fourth-order valence-corrected chi connectivity index (χ4v) is 3.23. The van der Waals surface area contributed by atoms with Gasteiger partial charge in [-0.1, -0.05) is 39.5 Å². The minimum atomic E-state index is -1.82. The molecule has 0 spiro atoms. The Morgan fingerprint density at radius 2 is 1.78 bits per heavy atom. The summed E-state index contributed by atoms with van der Waals surface area (Å²) < 4.78 is 18.8. The first-order chi connectivity index (χ1) is 10.9. The van der Waals surface area contributed by atoms with Gasteiger partial charge < -0.3 is 9.72 Å². The molecule has 0 aliphatic carbocycles. The van der Waals surface area contributed by atoms with E-state index in [9.17, 15) is 4.39 Å². The molecule has 2 unspecified atom stereocenters. The lowest BCUT2D eigenvalue weighted by molar-refractivity contribution is 0.118. The zero-order valence-corrected chi connectivity index (χ0v) is 16.4. The second-order valence-corrected chi connectivity index (χ2v) is 8.50. The maximum atomic E-state index is 13.6. The number of H-pyrrole nitrogens is 1. The van der Waals surface area contributed by atoms with Crippen LogP contribution in [0.5, 0.6) is 5.75 Å². The molecule has 2 atom stereocenters. The Labute approximate surface area is 143 Å². The smallest absolute Gasteiger partial charge is 0.270 e. The molecule has 0 bridgehead atoms. The highest BCUT2D eigenvalue weighted by molar-refractivity contribution is 7.38. The standard InChI is InChI=1S/C18H28FNOP2/c1-3-5-7-13(8-6-4-2)17-12-14-11-15(21-18(19,22)23)9-10-16(14)20-17/h9-13,20H,3-8,22-23H2,1-2H3. The first-order valence-electron chi connectivity index (χ1n) is 8.51. The summed E-state index contributed by atoms with van der Waals surface area (Å²) >= 11 is 0. The molecule has 5 heteroatoms. The number of nitrogens with one attached hydrogen (secondary N) is 1. The lowest BCUT2D eigenvalue weighted by Gasteiger charge is -2.16. The van der Waals surface area contributed by atoms with Gasteiger partial charge in [0.2, 0.25) is 0 Å². The third-order valence-electron chi connectivity index (χ3n) is 4.14. The maximum Gasteiger partial charge on any atom is 0.270 e. The van der Waals surface area contributed by atoms with Gasteiger partial charge in [0.15, 0.2) is 0 Å². The van der Waals surface area contributed by atoms with E-state index in [0.717, 1.165) is 10.9 Å². The molecule has 0 aliphatic rings. The number of halogens is 1. The first-order valence-corrected chi connectivity index (χ1v) is 9.66. The van der Waals surface area contributed by atoms with Gasteiger partial charge in [-0.2, -0.15) is 4.39 Å². The lowest BCUT2D eigenvalue weighted by Crippen LogP contribution is -2.12. The molecular weight excluding hydrogens is 327 g/mol. The molecule has 2 nitrogen and oxygen atoms in total. The maximum absolute atomic E-state index is 13.6. The van der Waals surface area contributed by atoms with Crippen molar-refractivity contribution in [2.75, 3.05) is 0 Å². The van der Waals surface area contributed by atoms with Crippen LogP contribution in [0.3, 0.4) is 0 Å². The number of rotatable bonds is 9. The Bertz CT molecular complexity index is 613. The van der Waals surface area contributed by atoms with E-state index in [4.69, 9.17) is 4.74 Å². The Morgan fingerprint density at radius 3 is 2.35 bits per heavy atom. The third kappa shape index (κ3) is 5.73. The van der Waals surface area contributed by atoms with Gasteiger partial charge in [-0.25, -0.2) is 0 Å². The lowest BCUT2D eigenvalue weighted by atomic mass is 9.93. The van der Waals surface area contributed by atoms with Crippen molar-refractivity contribution in [2.45, 2.75) is 63.6 Å². The molecule has 1 N–H and O–H groups in total. The van der Waals surface area contributed by atoms with Gasteiger partial charge in [0.05, 0.1) is 0 Å². The van der Waals surface area contributed by atoms with E-state index in [-0.39, 0.29) is 0 Å². The highest BCUT2D eigenvalue weighted by Gasteiger charge is 2.18. The van der Waals surface area contributed by atoms with E-state index < -0.39 is 5.34 Å². The molecule has 2 aromatic rings. The quantitative estimate of drug-likeness (QED) is 0.522. The predicted octanol–water partition coefficient (Wildman–Crippen LogP) is 6.34. The van der Waals surface area contributed by atoms with Gasteiger partial charge in [-0.3, -0.25) is 0 Å². The van der Waals surface area contributed by atoms with Crippen LogP contribution in [0.15, 0.2) is 24.3 Å². The number of benzene rings is 1. The first kappa shape index (κ1) is 18.7. The van der Waals surface area contributed by atoms with E-state index >= 15 is 0 Å². The van der Waals surface area contributed by atoms with Crippen LogP contribution in [-0.4, -0.2) is 10.3 Å². The number of hydrogen-bond donors (Lipinski definition) is 1. The molecule has 0 amide bonds. The SMILES string of the molecule is CCCCC(CCCC)c1cc2cc(OC(F)(P)P)ccc2[nH]1. The summed E-state index contributed by atoms with van der Waals surface area (Å²) in [5.74, 6) is 1.12. The predicted molar refractivity (Wildman–Crippen MR) is 104 cm³/mol. The molecule has 0 saturated heterocycles. The van der Waals surface area contributed by atoms with Gasteiger partial charge in [-0.15, -0.1) is 0 Å². The van der Waals surface area contributed by atoms with E-state index in [0.29, 0.717) is 11.7 Å². The van der Waals surface area contributed by atoms with Crippen molar-refractivity contribution >= 4 is 29.4 Å². The largest absolute Gasteiger partial charge is 0.452 e. The van der Waals surface area contributed by atoms with Crippen LogP contribution in [0.2, 0.25) is 0 Å². The van der Waals surface area contributed by atoms with Gasteiger partial charge in [0.1, 0.15) is 5.75 Å². The minimum Gasteiger partial charge on any atom is -0.452 e. The molecular formula is C18H28FNOP2. The highest BCUT2D eigenvalue weighted by atomic mass is 31.1. The van der Waals surface area contributed by atoms with Crippen LogP contribution < -0.4 is 4.74 Å². The molecule has 2 rings (SSSR count). The molecule has 23 heavy (non-hydrogen) atoms. The van der Waals surface area contributed by atoms with Crippen LogP contribution in [0, 0.1) is 0 Å². The summed E-state index contributed by atoms with van der Waals surface area (Å²) in [6.07, 6.45) is 7.39. The van der Waals surface area contributed by atoms with Crippen LogP contribution in [-0.2, 0) is 0 Å². The van der Waals surface area contributed by atoms with Gasteiger partial charge >= 0.3 is 0 Å². The number of ether oxygens (including phenoxy) is 1. The number of aromatic nitrogens is 1. The van der Waals surface area contributed by atoms with Crippen molar-refractivity contribution in [2.24, 2.45) is 0 Å². The number of hydrogen-bond acceptors (Lipinski definition) is 1. The van der Waals surface area contributed by atoms with Crippen LogP contribution >= 0.6 is 18.5 Å². The van der Waals surface area contributed by atoms with Gasteiger partial charge in [0.25, 0.3) is 5.34 Å². The number of alkyl halides is 1. The topological polar surface area (TPSA) is 25.0 Å². The van der Waals surface area contributed by atoms with E-state index in [2.05, 4.69) is 24.9 Å². The minimum absolute atomic E-state index is 0.536. The molecule has 1 aromatic heterocycles. The van der Waals surface area contributed by atoms with Crippen molar-refractivity contribution in [3.8, 4) is 5.75 Å². The highest BCUT2D eigenvalue weighted by Crippen LogP contribution is 2.35. The van der Waals surface area contributed by atoms with Crippen molar-refractivity contribution < 1.29 is 9.13 Å². The molecule has 1 heterocycles. The van der Waals surface area contributed by atoms with Crippen molar-refractivity contribution in [3.05, 3.63) is 30.0 Å². The zero-order chi connectivity index (χ0) is 16.9. The van der Waals surface area contributed by atoms with E-state index in [1.807, 2.05) is 30.6 Å². The van der Waals surface area contributed by atoms with Crippen LogP contribution in [0.4, 0.5) is 4.39 Å². The monoisotopic (exact) mass is 355 g/mol. The summed E-state index contributed by atoms with van der Waals surface area (Å²) in [6.45, 7) is 4.47. The zero-order valence-electron chi connectivity index (χ0n) is 14.1. The van der Waals surface area contributed by atoms with Gasteiger partial charge in [0, 0.05) is 16.6 Å². The van der Waals surface area contributed by atoms with Gasteiger partial charge in [-0.05, 0) is 61.5 Å². The molecule has 0 fully saturated rings. The Kier molecular flexibility index (Phi) is 6.86. The summed E-state index contributed by atoms with van der Waals surface area (Å²) in [4.78, 5) is 3.54. The Balaban J connectivity index is 2.22. The average Bonchev–Trinajstić information content (AvgIpc) is 2.88. The molecule has 1 aromatic carbocycles. The summed E-state index contributed by atoms with van der Waals surface area (Å²) in [5.41, 5.74) is 2.38. The van der Waals surface area contributed by atoms with Crippen molar-refractivity contribution in [1.29, 1.82) is 0 Å². The summed E-state index contributed by atoms with van der Waals surface area (Å²) in [5, 5.41) is -0.743. The third-order valence-corrected chi connectivity index (χ3v) is 4.38. The second kappa shape index (κ2) is 8.45. The fraction of sp³-hybridized carbons (Fsp3) is 0.556. The summed E-state index contributed by atoms with van der Waals surface area (Å²) in [6, 6.07) is 7.86. The number of fused-ring (bicyclic) bond motifs is 1. The summed E-state index contributed by atoms with van der Waals surface area (Å²) in [7, 11) is 4.06. The van der Waals surface area contributed by atoms with E-state index in [1.165, 1.54) is 44.2 Å². The average molecular weight is 355 g/mol. The second-order valence-electron chi connectivity index (χ2n) is 6.25. The molecule has 0 saturated carbocycles. The van der Waals surface area contributed by atoms with E-state index in [1.54, 1.807) is 6.07 Å². The van der Waals surface area contributed by atoms with Crippen LogP contribution in [0.1, 0.15) is 64.0 Å². The molecule has 128 valence electrons. The Hall–Kier alpha value is -0.650. The fourth-order valence-electron chi connectivity index (χ4n) is 2.95.